The van der Waals surface area contributed by atoms with Crippen molar-refractivity contribution in [2.24, 2.45) is 0 Å². The molecule has 0 radical (unpaired) electrons. The minimum atomic E-state index is 0.672. The SMILES string of the molecule is CC.Cc1ncnc2c1[C@@H](C)CC2. The summed E-state index contributed by atoms with van der Waals surface area (Å²) in [5, 5.41) is 0. The fraction of sp³-hybridized carbons (Fsp3) is 0.636. The molecule has 1 aromatic rings. The van der Waals surface area contributed by atoms with E-state index in [1.54, 1.807) is 6.33 Å². The maximum absolute atomic E-state index is 4.26. The monoisotopic (exact) mass is 178 g/mol. The normalized spacial score (nSPS) is 18.9. The molecule has 13 heavy (non-hydrogen) atoms. The third-order valence-electron chi connectivity index (χ3n) is 2.47. The van der Waals surface area contributed by atoms with Crippen LogP contribution >= 0.6 is 0 Å². The highest BCUT2D eigenvalue weighted by molar-refractivity contribution is 5.31. The fourth-order valence-electron chi connectivity index (χ4n) is 1.87. The lowest BCUT2D eigenvalue weighted by Crippen LogP contribution is -1.96. The van der Waals surface area contributed by atoms with E-state index in [1.165, 1.54) is 23.4 Å². The maximum Gasteiger partial charge on any atom is 0.115 e. The minimum Gasteiger partial charge on any atom is -0.241 e. The second-order valence-corrected chi connectivity index (χ2v) is 3.26. The van der Waals surface area contributed by atoms with Gasteiger partial charge in [-0.1, -0.05) is 20.8 Å². The van der Waals surface area contributed by atoms with Gasteiger partial charge in [0.15, 0.2) is 0 Å². The Kier molecular flexibility index (Phi) is 3.40. The molecule has 1 aliphatic rings. The lowest BCUT2D eigenvalue weighted by atomic mass is 10.0. The topological polar surface area (TPSA) is 25.8 Å². The quantitative estimate of drug-likeness (QED) is 0.610. The molecule has 0 aliphatic heterocycles. The minimum absolute atomic E-state index is 0.672. The highest BCUT2D eigenvalue weighted by atomic mass is 14.8. The molecular formula is C11H18N2. The molecule has 72 valence electrons. The van der Waals surface area contributed by atoms with Gasteiger partial charge in [-0.2, -0.15) is 0 Å². The van der Waals surface area contributed by atoms with E-state index in [0.29, 0.717) is 5.92 Å². The predicted octanol–water partition coefficient (Wildman–Crippen LogP) is 2.86. The molecule has 1 aromatic heterocycles. The highest BCUT2D eigenvalue weighted by Gasteiger charge is 2.21. The van der Waals surface area contributed by atoms with Crippen molar-refractivity contribution >= 4 is 0 Å². The standard InChI is InChI=1S/C9H12N2.C2H6/c1-6-3-4-8-9(6)7(2)10-5-11-8;1-2/h5-6H,3-4H2,1-2H3;1-2H3/t6-;/m0./s1. The molecule has 0 N–H and O–H groups in total. The summed E-state index contributed by atoms with van der Waals surface area (Å²) in [6.45, 7) is 8.32. The zero-order valence-corrected chi connectivity index (χ0v) is 8.96. The average Bonchev–Trinajstić information content (AvgIpc) is 2.53. The van der Waals surface area contributed by atoms with Crippen LogP contribution in [0.25, 0.3) is 0 Å². The number of hydrogen-bond donors (Lipinski definition) is 0. The van der Waals surface area contributed by atoms with Crippen LogP contribution in [0.15, 0.2) is 6.33 Å². The maximum atomic E-state index is 4.26. The lowest BCUT2D eigenvalue weighted by Gasteiger charge is -2.05. The van der Waals surface area contributed by atoms with E-state index in [9.17, 15) is 0 Å². The van der Waals surface area contributed by atoms with Gasteiger partial charge in [0, 0.05) is 11.4 Å². The Hall–Kier alpha value is -0.920. The van der Waals surface area contributed by atoms with Crippen molar-refractivity contribution < 1.29 is 0 Å². The number of nitrogens with zero attached hydrogens (tertiary/aromatic N) is 2. The number of rotatable bonds is 0. The van der Waals surface area contributed by atoms with Crippen LogP contribution in [-0.4, -0.2) is 9.97 Å². The summed E-state index contributed by atoms with van der Waals surface area (Å²) >= 11 is 0. The molecule has 0 unspecified atom stereocenters. The Morgan fingerprint density at radius 3 is 2.62 bits per heavy atom. The Morgan fingerprint density at radius 1 is 1.31 bits per heavy atom. The smallest absolute Gasteiger partial charge is 0.115 e. The molecule has 0 bridgehead atoms. The van der Waals surface area contributed by atoms with Gasteiger partial charge in [-0.05, 0) is 31.2 Å². The first-order chi connectivity index (χ1) is 6.29. The average molecular weight is 178 g/mol. The zero-order valence-electron chi connectivity index (χ0n) is 8.96. The van der Waals surface area contributed by atoms with Crippen molar-refractivity contribution in [1.82, 2.24) is 9.97 Å². The van der Waals surface area contributed by atoms with E-state index in [0.717, 1.165) is 6.42 Å². The summed E-state index contributed by atoms with van der Waals surface area (Å²) < 4.78 is 0. The second-order valence-electron chi connectivity index (χ2n) is 3.26. The van der Waals surface area contributed by atoms with E-state index >= 15 is 0 Å². The lowest BCUT2D eigenvalue weighted by molar-refractivity contribution is 0.741. The van der Waals surface area contributed by atoms with E-state index < -0.39 is 0 Å². The summed E-state index contributed by atoms with van der Waals surface area (Å²) in [5.74, 6) is 0.672. The van der Waals surface area contributed by atoms with Crippen LogP contribution in [0.5, 0.6) is 0 Å². The van der Waals surface area contributed by atoms with Crippen molar-refractivity contribution in [3.05, 3.63) is 23.3 Å². The summed E-state index contributed by atoms with van der Waals surface area (Å²) in [5.41, 5.74) is 3.83. The molecule has 2 rings (SSSR count). The summed E-state index contributed by atoms with van der Waals surface area (Å²) in [6, 6.07) is 0. The summed E-state index contributed by atoms with van der Waals surface area (Å²) in [7, 11) is 0. The third kappa shape index (κ3) is 1.87. The van der Waals surface area contributed by atoms with Gasteiger partial charge in [-0.15, -0.1) is 0 Å². The van der Waals surface area contributed by atoms with Crippen LogP contribution in [0.1, 0.15) is 50.1 Å². The van der Waals surface area contributed by atoms with Gasteiger partial charge in [0.2, 0.25) is 0 Å². The van der Waals surface area contributed by atoms with Crippen molar-refractivity contribution in [2.75, 3.05) is 0 Å². The molecule has 0 fully saturated rings. The molecular weight excluding hydrogens is 160 g/mol. The Balaban J connectivity index is 0.000000396. The van der Waals surface area contributed by atoms with Gasteiger partial charge < -0.3 is 0 Å². The van der Waals surface area contributed by atoms with Crippen molar-refractivity contribution in [3.63, 3.8) is 0 Å². The molecule has 1 atom stereocenters. The molecule has 1 heterocycles. The molecule has 0 spiro atoms. The number of aromatic nitrogens is 2. The highest BCUT2D eigenvalue weighted by Crippen LogP contribution is 2.32. The second kappa shape index (κ2) is 4.35. The first-order valence-corrected chi connectivity index (χ1v) is 5.09. The zero-order chi connectivity index (χ0) is 9.84. The Bertz CT molecular complexity index is 281. The first kappa shape index (κ1) is 10.2. The Labute approximate surface area is 80.4 Å². The first-order valence-electron chi connectivity index (χ1n) is 5.09. The molecule has 0 saturated heterocycles. The molecule has 0 amide bonds. The van der Waals surface area contributed by atoms with E-state index in [-0.39, 0.29) is 0 Å². The van der Waals surface area contributed by atoms with Gasteiger partial charge in [0.25, 0.3) is 0 Å². The molecule has 2 nitrogen and oxygen atoms in total. The van der Waals surface area contributed by atoms with Crippen LogP contribution < -0.4 is 0 Å². The van der Waals surface area contributed by atoms with Gasteiger partial charge in [0.05, 0.1) is 0 Å². The fourth-order valence-corrected chi connectivity index (χ4v) is 1.87. The summed E-state index contributed by atoms with van der Waals surface area (Å²) in [6.07, 6.45) is 4.06. The number of aryl methyl sites for hydroxylation is 2. The van der Waals surface area contributed by atoms with Gasteiger partial charge in [-0.3, -0.25) is 0 Å². The van der Waals surface area contributed by atoms with Crippen LogP contribution in [-0.2, 0) is 6.42 Å². The van der Waals surface area contributed by atoms with Crippen molar-refractivity contribution in [1.29, 1.82) is 0 Å². The van der Waals surface area contributed by atoms with Gasteiger partial charge in [-0.25, -0.2) is 9.97 Å². The van der Waals surface area contributed by atoms with Crippen molar-refractivity contribution in [2.45, 2.75) is 46.5 Å². The van der Waals surface area contributed by atoms with E-state index in [1.807, 2.05) is 13.8 Å². The molecule has 0 saturated carbocycles. The van der Waals surface area contributed by atoms with Crippen LogP contribution in [0.3, 0.4) is 0 Å². The predicted molar refractivity (Wildman–Crippen MR) is 54.9 cm³/mol. The molecule has 2 heteroatoms. The number of hydrogen-bond acceptors (Lipinski definition) is 2. The number of fused-ring (bicyclic) bond motifs is 1. The summed E-state index contributed by atoms with van der Waals surface area (Å²) in [4.78, 5) is 8.45. The van der Waals surface area contributed by atoms with Crippen LogP contribution in [0.4, 0.5) is 0 Å². The van der Waals surface area contributed by atoms with E-state index in [4.69, 9.17) is 0 Å². The largest absolute Gasteiger partial charge is 0.241 e. The van der Waals surface area contributed by atoms with Crippen LogP contribution in [0.2, 0.25) is 0 Å². The Morgan fingerprint density at radius 2 is 2.00 bits per heavy atom. The van der Waals surface area contributed by atoms with Crippen LogP contribution in [0, 0.1) is 6.92 Å². The van der Waals surface area contributed by atoms with Gasteiger partial charge >= 0.3 is 0 Å². The van der Waals surface area contributed by atoms with E-state index in [2.05, 4.69) is 23.8 Å². The molecule has 0 aromatic carbocycles. The van der Waals surface area contributed by atoms with Crippen molar-refractivity contribution in [3.8, 4) is 0 Å². The third-order valence-corrected chi connectivity index (χ3v) is 2.47. The molecule has 1 aliphatic carbocycles. The van der Waals surface area contributed by atoms with Gasteiger partial charge in [0.1, 0.15) is 6.33 Å².